The summed E-state index contributed by atoms with van der Waals surface area (Å²) in [5.41, 5.74) is -0.122. The molecular formula is C19H19F5N2O3S. The Hall–Kier alpha value is -2.24. The Labute approximate surface area is 170 Å². The lowest BCUT2D eigenvalue weighted by Gasteiger charge is -2.24. The Balaban J connectivity index is 1.89. The number of nitrogens with one attached hydrogen (secondary N) is 1. The van der Waals surface area contributed by atoms with Crippen molar-refractivity contribution in [3.8, 4) is 0 Å². The normalized spacial score (nSPS) is 18.6. The van der Waals surface area contributed by atoms with Crippen LogP contribution in [-0.4, -0.2) is 36.8 Å². The van der Waals surface area contributed by atoms with Crippen molar-refractivity contribution in [2.45, 2.75) is 36.3 Å². The van der Waals surface area contributed by atoms with Gasteiger partial charge in [-0.3, -0.25) is 0 Å². The van der Waals surface area contributed by atoms with Gasteiger partial charge in [0.15, 0.2) is 17.9 Å². The molecule has 0 radical (unpaired) electrons. The molecule has 5 nitrogen and oxygen atoms in total. The van der Waals surface area contributed by atoms with Crippen LogP contribution in [0.5, 0.6) is 0 Å². The van der Waals surface area contributed by atoms with Gasteiger partial charge in [-0.05, 0) is 37.1 Å². The standard InChI is InChI=1S/C19H19F5N2O3S/c20-14-6-4-13(10-16(14)22)25-18(27)12-3-5-15(21)17(9-12)30(28,29)26-8-2-1-7-19(23,24)11-26/h3-6,9-10,18,25,27H,1-2,7-8,11H2. The number of halogens is 5. The number of sulfonamides is 1. The number of alkyl halides is 2. The fourth-order valence-corrected chi connectivity index (χ4v) is 4.75. The van der Waals surface area contributed by atoms with Gasteiger partial charge in [-0.15, -0.1) is 0 Å². The first kappa shape index (κ1) is 22.4. The zero-order valence-electron chi connectivity index (χ0n) is 15.6. The highest BCUT2D eigenvalue weighted by molar-refractivity contribution is 7.89. The Morgan fingerprint density at radius 2 is 1.70 bits per heavy atom. The first-order valence-electron chi connectivity index (χ1n) is 9.07. The predicted octanol–water partition coefficient (Wildman–Crippen LogP) is 4.02. The number of benzene rings is 2. The monoisotopic (exact) mass is 450 g/mol. The summed E-state index contributed by atoms with van der Waals surface area (Å²) in [5.74, 6) is -6.66. The molecule has 30 heavy (non-hydrogen) atoms. The summed E-state index contributed by atoms with van der Waals surface area (Å²) in [6, 6.07) is 5.44. The second kappa shape index (κ2) is 8.48. The maximum Gasteiger partial charge on any atom is 0.261 e. The molecule has 0 bridgehead atoms. The molecule has 11 heteroatoms. The quantitative estimate of drug-likeness (QED) is 0.534. The average molecular weight is 450 g/mol. The molecule has 1 atom stereocenters. The zero-order valence-corrected chi connectivity index (χ0v) is 16.4. The lowest BCUT2D eigenvalue weighted by atomic mass is 10.2. The van der Waals surface area contributed by atoms with Crippen LogP contribution in [0.2, 0.25) is 0 Å². The molecule has 1 heterocycles. The van der Waals surface area contributed by atoms with E-state index in [0.717, 1.165) is 36.4 Å². The maximum absolute atomic E-state index is 14.3. The van der Waals surface area contributed by atoms with Crippen LogP contribution in [0, 0.1) is 17.5 Å². The first-order valence-corrected chi connectivity index (χ1v) is 10.5. The molecule has 0 aliphatic carbocycles. The highest BCUT2D eigenvalue weighted by atomic mass is 32.2. The Kier molecular flexibility index (Phi) is 6.34. The minimum Gasteiger partial charge on any atom is -0.369 e. The number of aliphatic hydroxyl groups excluding tert-OH is 1. The molecule has 164 valence electrons. The third-order valence-electron chi connectivity index (χ3n) is 4.72. The van der Waals surface area contributed by atoms with Crippen molar-refractivity contribution in [3.63, 3.8) is 0 Å². The van der Waals surface area contributed by atoms with Crippen LogP contribution in [0.15, 0.2) is 41.3 Å². The summed E-state index contributed by atoms with van der Waals surface area (Å²) in [6.07, 6.45) is -1.72. The average Bonchev–Trinajstić information content (AvgIpc) is 2.86. The van der Waals surface area contributed by atoms with Crippen LogP contribution < -0.4 is 5.32 Å². The zero-order chi connectivity index (χ0) is 22.1. The largest absolute Gasteiger partial charge is 0.369 e. The number of nitrogens with zero attached hydrogens (tertiary/aromatic N) is 1. The Bertz CT molecular complexity index is 1030. The molecule has 1 saturated heterocycles. The number of aliphatic hydroxyl groups is 1. The molecule has 3 rings (SSSR count). The van der Waals surface area contributed by atoms with E-state index in [4.69, 9.17) is 0 Å². The van der Waals surface area contributed by atoms with Gasteiger partial charge in [0, 0.05) is 30.3 Å². The van der Waals surface area contributed by atoms with E-state index in [1.165, 1.54) is 0 Å². The number of rotatable bonds is 5. The van der Waals surface area contributed by atoms with Crippen LogP contribution in [0.25, 0.3) is 0 Å². The van der Waals surface area contributed by atoms with Crippen molar-refractivity contribution in [1.82, 2.24) is 4.31 Å². The molecule has 2 N–H and O–H groups in total. The van der Waals surface area contributed by atoms with Gasteiger partial charge in [-0.25, -0.2) is 30.4 Å². The number of anilines is 1. The van der Waals surface area contributed by atoms with E-state index < -0.39 is 57.5 Å². The van der Waals surface area contributed by atoms with Crippen LogP contribution in [0.1, 0.15) is 31.1 Å². The van der Waals surface area contributed by atoms with E-state index in [2.05, 4.69) is 5.32 Å². The molecule has 1 aliphatic rings. The van der Waals surface area contributed by atoms with Crippen molar-refractivity contribution in [2.24, 2.45) is 0 Å². The van der Waals surface area contributed by atoms with Crippen molar-refractivity contribution >= 4 is 15.7 Å². The molecular weight excluding hydrogens is 431 g/mol. The summed E-state index contributed by atoms with van der Waals surface area (Å²) in [4.78, 5) is -0.858. The predicted molar refractivity (Wildman–Crippen MR) is 98.9 cm³/mol. The van der Waals surface area contributed by atoms with Crippen molar-refractivity contribution in [2.75, 3.05) is 18.4 Å². The van der Waals surface area contributed by atoms with E-state index in [0.29, 0.717) is 4.31 Å². The number of hydrogen-bond acceptors (Lipinski definition) is 4. The maximum atomic E-state index is 14.3. The van der Waals surface area contributed by atoms with Crippen molar-refractivity contribution in [1.29, 1.82) is 0 Å². The van der Waals surface area contributed by atoms with Crippen molar-refractivity contribution in [3.05, 3.63) is 59.4 Å². The molecule has 0 amide bonds. The highest BCUT2D eigenvalue weighted by Gasteiger charge is 2.39. The number of hydrogen-bond donors (Lipinski definition) is 2. The minimum absolute atomic E-state index is 0.0118. The minimum atomic E-state index is -4.60. The van der Waals surface area contributed by atoms with Gasteiger partial charge < -0.3 is 10.4 Å². The lowest BCUT2D eigenvalue weighted by Crippen LogP contribution is -2.39. The molecule has 0 aromatic heterocycles. The van der Waals surface area contributed by atoms with Crippen LogP contribution in [0.3, 0.4) is 0 Å². The molecule has 0 saturated carbocycles. The van der Waals surface area contributed by atoms with Gasteiger partial charge in [0.1, 0.15) is 10.7 Å². The summed E-state index contributed by atoms with van der Waals surface area (Å²) in [5, 5.41) is 12.7. The fraction of sp³-hybridized carbons (Fsp3) is 0.368. The smallest absolute Gasteiger partial charge is 0.261 e. The van der Waals surface area contributed by atoms with Crippen LogP contribution in [0.4, 0.5) is 27.6 Å². The SMILES string of the molecule is O=S(=O)(c1cc(C(O)Nc2ccc(F)c(F)c2)ccc1F)N1CCCCC(F)(F)C1. The summed E-state index contributed by atoms with van der Waals surface area (Å²) < 4.78 is 94.6. The van der Waals surface area contributed by atoms with E-state index in [1.54, 1.807) is 0 Å². The van der Waals surface area contributed by atoms with E-state index in [9.17, 15) is 35.5 Å². The topological polar surface area (TPSA) is 69.6 Å². The van der Waals surface area contributed by atoms with E-state index in [-0.39, 0.29) is 30.6 Å². The molecule has 0 spiro atoms. The molecule has 1 fully saturated rings. The third-order valence-corrected chi connectivity index (χ3v) is 6.58. The van der Waals surface area contributed by atoms with Gasteiger partial charge >= 0.3 is 0 Å². The van der Waals surface area contributed by atoms with E-state index >= 15 is 0 Å². The van der Waals surface area contributed by atoms with Gasteiger partial charge in [-0.2, -0.15) is 4.31 Å². The lowest BCUT2D eigenvalue weighted by molar-refractivity contribution is -0.0155. The molecule has 1 aliphatic heterocycles. The highest BCUT2D eigenvalue weighted by Crippen LogP contribution is 2.31. The Morgan fingerprint density at radius 1 is 1.00 bits per heavy atom. The second-order valence-corrected chi connectivity index (χ2v) is 8.92. The van der Waals surface area contributed by atoms with Crippen LogP contribution in [-0.2, 0) is 10.0 Å². The Morgan fingerprint density at radius 3 is 2.40 bits per heavy atom. The fourth-order valence-electron chi connectivity index (χ4n) is 3.15. The summed E-state index contributed by atoms with van der Waals surface area (Å²) in [7, 11) is -4.60. The summed E-state index contributed by atoms with van der Waals surface area (Å²) >= 11 is 0. The van der Waals surface area contributed by atoms with Gasteiger partial charge in [0.05, 0.1) is 6.54 Å². The van der Waals surface area contributed by atoms with Crippen molar-refractivity contribution < 1.29 is 35.5 Å². The third kappa shape index (κ3) is 4.90. The second-order valence-electron chi connectivity index (χ2n) is 7.02. The van der Waals surface area contributed by atoms with Gasteiger partial charge in [0.2, 0.25) is 10.0 Å². The first-order chi connectivity index (χ1) is 14.0. The molecule has 2 aromatic carbocycles. The van der Waals surface area contributed by atoms with Gasteiger partial charge in [-0.1, -0.05) is 6.07 Å². The van der Waals surface area contributed by atoms with E-state index in [1.807, 2.05) is 0 Å². The molecule has 2 aromatic rings. The molecule has 1 unspecified atom stereocenters. The van der Waals surface area contributed by atoms with Crippen LogP contribution >= 0.6 is 0 Å². The summed E-state index contributed by atoms with van der Waals surface area (Å²) in [6.45, 7) is -1.24. The van der Waals surface area contributed by atoms with Gasteiger partial charge in [0.25, 0.3) is 5.92 Å².